The van der Waals surface area contributed by atoms with Gasteiger partial charge in [0, 0.05) is 19.1 Å². The SMILES string of the molecule is CN(C)C1CCCN(S(=O)(=O)c2c(N)cccc2F)C1. The second-order valence-electron chi connectivity index (χ2n) is 5.28. The van der Waals surface area contributed by atoms with Gasteiger partial charge >= 0.3 is 0 Å². The van der Waals surface area contributed by atoms with Gasteiger partial charge in [0.15, 0.2) is 0 Å². The molecule has 1 aliphatic heterocycles. The molecule has 1 atom stereocenters. The third-order valence-corrected chi connectivity index (χ3v) is 5.64. The van der Waals surface area contributed by atoms with E-state index in [0.717, 1.165) is 18.9 Å². The molecule has 0 amide bonds. The molecule has 0 radical (unpaired) electrons. The fourth-order valence-electron chi connectivity index (χ4n) is 2.49. The van der Waals surface area contributed by atoms with Crippen molar-refractivity contribution in [3.05, 3.63) is 24.0 Å². The predicted octanol–water partition coefficient (Wildman–Crippen LogP) is 1.12. The first kappa shape index (κ1) is 15.2. The minimum atomic E-state index is -3.88. The first-order valence-corrected chi connectivity index (χ1v) is 7.98. The fraction of sp³-hybridized carbons (Fsp3) is 0.538. The summed E-state index contributed by atoms with van der Waals surface area (Å²) in [6.07, 6.45) is 1.70. The minimum Gasteiger partial charge on any atom is -0.398 e. The molecular formula is C13H20FN3O2S. The van der Waals surface area contributed by atoms with Crippen LogP contribution in [0.1, 0.15) is 12.8 Å². The van der Waals surface area contributed by atoms with Gasteiger partial charge in [-0.25, -0.2) is 12.8 Å². The average molecular weight is 301 g/mol. The number of halogens is 1. The van der Waals surface area contributed by atoms with E-state index in [0.29, 0.717) is 13.1 Å². The highest BCUT2D eigenvalue weighted by molar-refractivity contribution is 7.89. The number of nitrogens with zero attached hydrogens (tertiary/aromatic N) is 2. The molecule has 0 aliphatic carbocycles. The van der Waals surface area contributed by atoms with Crippen LogP contribution in [0.2, 0.25) is 0 Å². The molecule has 1 aliphatic rings. The van der Waals surface area contributed by atoms with Crippen molar-refractivity contribution in [1.82, 2.24) is 9.21 Å². The Morgan fingerprint density at radius 1 is 1.40 bits per heavy atom. The molecule has 1 unspecified atom stereocenters. The van der Waals surface area contributed by atoms with Crippen molar-refractivity contribution in [1.29, 1.82) is 0 Å². The Morgan fingerprint density at radius 2 is 2.10 bits per heavy atom. The van der Waals surface area contributed by atoms with Crippen LogP contribution in [0.3, 0.4) is 0 Å². The molecule has 0 aromatic heterocycles. The lowest BCUT2D eigenvalue weighted by molar-refractivity contribution is 0.190. The van der Waals surface area contributed by atoms with E-state index in [9.17, 15) is 12.8 Å². The van der Waals surface area contributed by atoms with E-state index < -0.39 is 20.7 Å². The number of hydrogen-bond acceptors (Lipinski definition) is 4. The third kappa shape index (κ3) is 2.79. The summed E-state index contributed by atoms with van der Waals surface area (Å²) in [6.45, 7) is 0.767. The van der Waals surface area contributed by atoms with E-state index in [-0.39, 0.29) is 11.7 Å². The third-order valence-electron chi connectivity index (χ3n) is 3.68. The van der Waals surface area contributed by atoms with Crippen LogP contribution in [0.25, 0.3) is 0 Å². The Bertz CT molecular complexity index is 569. The molecule has 20 heavy (non-hydrogen) atoms. The minimum absolute atomic E-state index is 0.0445. The predicted molar refractivity (Wildman–Crippen MR) is 76.3 cm³/mol. The Hall–Kier alpha value is -1.18. The lowest BCUT2D eigenvalue weighted by Crippen LogP contribution is -2.47. The van der Waals surface area contributed by atoms with Gasteiger partial charge in [-0.1, -0.05) is 6.07 Å². The molecule has 5 nitrogen and oxygen atoms in total. The first-order valence-electron chi connectivity index (χ1n) is 6.54. The van der Waals surface area contributed by atoms with Gasteiger partial charge in [-0.2, -0.15) is 4.31 Å². The van der Waals surface area contributed by atoms with Crippen molar-refractivity contribution in [3.8, 4) is 0 Å². The molecule has 2 rings (SSSR count). The van der Waals surface area contributed by atoms with Crippen LogP contribution < -0.4 is 5.73 Å². The zero-order chi connectivity index (χ0) is 14.9. The molecule has 112 valence electrons. The largest absolute Gasteiger partial charge is 0.398 e. The molecule has 1 heterocycles. The Kier molecular flexibility index (Phi) is 4.31. The highest BCUT2D eigenvalue weighted by atomic mass is 32.2. The van der Waals surface area contributed by atoms with Crippen molar-refractivity contribution in [2.45, 2.75) is 23.8 Å². The fourth-order valence-corrected chi connectivity index (χ4v) is 4.16. The first-order chi connectivity index (χ1) is 9.34. The summed E-state index contributed by atoms with van der Waals surface area (Å²) in [5.74, 6) is -0.794. The Labute approximate surface area is 119 Å². The Morgan fingerprint density at radius 3 is 2.70 bits per heavy atom. The number of nitrogens with two attached hydrogens (primary N) is 1. The standard InChI is InChI=1S/C13H20FN3O2S/c1-16(2)10-5-4-8-17(9-10)20(18,19)13-11(14)6-3-7-12(13)15/h3,6-7,10H,4-5,8-9,15H2,1-2H3. The van der Waals surface area contributed by atoms with E-state index in [1.165, 1.54) is 16.4 Å². The number of likely N-dealkylation sites (N-methyl/N-ethyl adjacent to an activating group) is 1. The molecule has 1 saturated heterocycles. The van der Waals surface area contributed by atoms with Gasteiger partial charge in [0.25, 0.3) is 0 Å². The lowest BCUT2D eigenvalue weighted by Gasteiger charge is -2.35. The summed E-state index contributed by atoms with van der Waals surface area (Å²) >= 11 is 0. The number of hydrogen-bond donors (Lipinski definition) is 1. The summed E-state index contributed by atoms with van der Waals surface area (Å²) in [4.78, 5) is 1.59. The van der Waals surface area contributed by atoms with Crippen LogP contribution in [0.5, 0.6) is 0 Å². The van der Waals surface area contributed by atoms with Gasteiger partial charge in [0.05, 0.1) is 5.69 Å². The molecule has 7 heteroatoms. The maximum atomic E-state index is 13.9. The molecule has 0 spiro atoms. The monoisotopic (exact) mass is 301 g/mol. The molecule has 1 aromatic carbocycles. The van der Waals surface area contributed by atoms with Crippen molar-refractivity contribution in [2.24, 2.45) is 0 Å². The Balaban J connectivity index is 2.35. The second-order valence-corrected chi connectivity index (χ2v) is 7.16. The smallest absolute Gasteiger partial charge is 0.248 e. The van der Waals surface area contributed by atoms with Gasteiger partial charge in [0.2, 0.25) is 10.0 Å². The average Bonchev–Trinajstić information content (AvgIpc) is 2.38. The summed E-state index contributed by atoms with van der Waals surface area (Å²) in [7, 11) is -0.0533. The summed E-state index contributed by atoms with van der Waals surface area (Å²) < 4.78 is 40.4. The molecule has 1 fully saturated rings. The summed E-state index contributed by atoms with van der Waals surface area (Å²) in [5, 5.41) is 0. The molecule has 0 saturated carbocycles. The van der Waals surface area contributed by atoms with Crippen LogP contribution in [-0.2, 0) is 10.0 Å². The van der Waals surface area contributed by atoms with Gasteiger partial charge in [-0.05, 0) is 39.1 Å². The highest BCUT2D eigenvalue weighted by Crippen LogP contribution is 2.28. The number of anilines is 1. The maximum absolute atomic E-state index is 13.9. The number of rotatable bonds is 3. The highest BCUT2D eigenvalue weighted by Gasteiger charge is 2.33. The number of piperidine rings is 1. The van der Waals surface area contributed by atoms with Gasteiger partial charge < -0.3 is 10.6 Å². The lowest BCUT2D eigenvalue weighted by atomic mass is 10.1. The zero-order valence-electron chi connectivity index (χ0n) is 11.7. The maximum Gasteiger partial charge on any atom is 0.248 e. The van der Waals surface area contributed by atoms with E-state index in [4.69, 9.17) is 5.73 Å². The topological polar surface area (TPSA) is 66.6 Å². The zero-order valence-corrected chi connectivity index (χ0v) is 12.5. The van der Waals surface area contributed by atoms with Crippen molar-refractivity contribution >= 4 is 15.7 Å². The van der Waals surface area contributed by atoms with Crippen LogP contribution in [0.4, 0.5) is 10.1 Å². The van der Waals surface area contributed by atoms with Crippen LogP contribution in [-0.4, -0.2) is 50.8 Å². The van der Waals surface area contributed by atoms with Crippen LogP contribution in [0.15, 0.2) is 23.1 Å². The van der Waals surface area contributed by atoms with Gasteiger partial charge in [-0.3, -0.25) is 0 Å². The second kappa shape index (κ2) is 5.67. The number of benzene rings is 1. The molecular weight excluding hydrogens is 281 g/mol. The van der Waals surface area contributed by atoms with E-state index in [1.807, 2.05) is 19.0 Å². The number of nitrogen functional groups attached to an aromatic ring is 1. The van der Waals surface area contributed by atoms with Crippen molar-refractivity contribution in [2.75, 3.05) is 32.9 Å². The van der Waals surface area contributed by atoms with E-state index >= 15 is 0 Å². The van der Waals surface area contributed by atoms with Crippen molar-refractivity contribution < 1.29 is 12.8 Å². The number of sulfonamides is 1. The summed E-state index contributed by atoms with van der Waals surface area (Å²) in [6, 6.07) is 4.08. The van der Waals surface area contributed by atoms with E-state index in [2.05, 4.69) is 0 Å². The molecule has 2 N–H and O–H groups in total. The van der Waals surface area contributed by atoms with Gasteiger partial charge in [-0.15, -0.1) is 0 Å². The molecule has 1 aromatic rings. The van der Waals surface area contributed by atoms with Crippen molar-refractivity contribution in [3.63, 3.8) is 0 Å². The van der Waals surface area contributed by atoms with Gasteiger partial charge in [0.1, 0.15) is 10.7 Å². The quantitative estimate of drug-likeness (QED) is 0.850. The summed E-state index contributed by atoms with van der Waals surface area (Å²) in [5.41, 5.74) is 5.61. The molecule has 0 bridgehead atoms. The van der Waals surface area contributed by atoms with E-state index in [1.54, 1.807) is 0 Å². The normalized spacial score (nSPS) is 21.3. The van der Waals surface area contributed by atoms with Crippen LogP contribution in [0, 0.1) is 5.82 Å². The van der Waals surface area contributed by atoms with Crippen LogP contribution >= 0.6 is 0 Å².